The maximum atomic E-state index is 5.66. The molecule has 0 saturated heterocycles. The van der Waals surface area contributed by atoms with E-state index in [1.54, 1.807) is 21.3 Å². The summed E-state index contributed by atoms with van der Waals surface area (Å²) in [5.74, 6) is 4.18. The van der Waals surface area contributed by atoms with Crippen LogP contribution in [0.25, 0.3) is 0 Å². The van der Waals surface area contributed by atoms with Crippen molar-refractivity contribution in [3.63, 3.8) is 0 Å². The molecule has 0 amide bonds. The van der Waals surface area contributed by atoms with Crippen molar-refractivity contribution in [3.8, 4) is 17.2 Å². The van der Waals surface area contributed by atoms with Gasteiger partial charge in [-0.15, -0.1) is 0 Å². The lowest BCUT2D eigenvalue weighted by Crippen LogP contribution is -2.50. The van der Waals surface area contributed by atoms with Gasteiger partial charge in [-0.1, -0.05) is 25.5 Å². The molecule has 3 heteroatoms. The maximum absolute atomic E-state index is 5.66. The normalized spacial score (nSPS) is 28.5. The van der Waals surface area contributed by atoms with Crippen LogP contribution < -0.4 is 14.2 Å². The lowest BCUT2D eigenvalue weighted by Gasteiger charge is -2.59. The molecule has 0 unspecified atom stereocenters. The zero-order valence-corrected chi connectivity index (χ0v) is 14.4. The molecular formula is C19H26O3. The van der Waals surface area contributed by atoms with E-state index in [0.29, 0.717) is 17.3 Å². The largest absolute Gasteiger partial charge is 0.496 e. The Labute approximate surface area is 133 Å². The molecule has 0 radical (unpaired) electrons. The van der Waals surface area contributed by atoms with Crippen molar-refractivity contribution in [3.05, 3.63) is 29.3 Å². The minimum absolute atomic E-state index is 0.343. The first kappa shape index (κ1) is 15.3. The molecule has 3 atom stereocenters. The second-order valence-corrected chi connectivity index (χ2v) is 7.10. The molecular weight excluding hydrogens is 276 g/mol. The van der Waals surface area contributed by atoms with Gasteiger partial charge in [-0.05, 0) is 30.6 Å². The van der Waals surface area contributed by atoms with Gasteiger partial charge in [0.05, 0.1) is 21.3 Å². The van der Waals surface area contributed by atoms with E-state index in [1.165, 1.54) is 12.0 Å². The van der Waals surface area contributed by atoms with Gasteiger partial charge in [0.25, 0.3) is 0 Å². The fraction of sp³-hybridized carbons (Fsp3) is 0.579. The van der Waals surface area contributed by atoms with Crippen LogP contribution in [0.3, 0.4) is 0 Å². The summed E-state index contributed by atoms with van der Waals surface area (Å²) >= 11 is 0. The van der Waals surface area contributed by atoms with E-state index in [0.717, 1.165) is 28.7 Å². The molecule has 3 aliphatic carbocycles. The predicted molar refractivity (Wildman–Crippen MR) is 88.0 cm³/mol. The van der Waals surface area contributed by atoms with Crippen LogP contribution in [-0.4, -0.2) is 21.3 Å². The Bertz CT molecular complexity index is 590. The summed E-state index contributed by atoms with van der Waals surface area (Å²) in [5, 5.41) is 0. The third-order valence-corrected chi connectivity index (χ3v) is 5.86. The molecule has 1 aromatic carbocycles. The van der Waals surface area contributed by atoms with Gasteiger partial charge in [0, 0.05) is 23.6 Å². The molecule has 3 aliphatic rings. The SMILES string of the molecule is COc1cc(OC)c([C@@H]2C=C(C)[C@H]3C[C@H]2C3(C)C)c(OC)c1. The molecule has 0 aromatic heterocycles. The van der Waals surface area contributed by atoms with Crippen LogP contribution >= 0.6 is 0 Å². The highest BCUT2D eigenvalue weighted by molar-refractivity contribution is 5.55. The minimum Gasteiger partial charge on any atom is -0.496 e. The topological polar surface area (TPSA) is 27.7 Å². The van der Waals surface area contributed by atoms with Crippen LogP contribution in [0.5, 0.6) is 17.2 Å². The van der Waals surface area contributed by atoms with E-state index >= 15 is 0 Å². The third kappa shape index (κ3) is 2.02. The number of allylic oxidation sites excluding steroid dienone is 2. The van der Waals surface area contributed by atoms with Crippen molar-refractivity contribution < 1.29 is 14.2 Å². The second kappa shape index (κ2) is 5.22. The Morgan fingerprint density at radius 2 is 1.59 bits per heavy atom. The first-order chi connectivity index (χ1) is 10.4. The molecule has 22 heavy (non-hydrogen) atoms. The summed E-state index contributed by atoms with van der Waals surface area (Å²) < 4.78 is 16.7. The smallest absolute Gasteiger partial charge is 0.130 e. The highest BCUT2D eigenvalue weighted by Gasteiger charge is 2.55. The molecule has 0 spiro atoms. The summed E-state index contributed by atoms with van der Waals surface area (Å²) in [7, 11) is 5.09. The summed E-state index contributed by atoms with van der Waals surface area (Å²) in [5.41, 5.74) is 3.00. The quantitative estimate of drug-likeness (QED) is 0.771. The molecule has 1 saturated carbocycles. The Balaban J connectivity index is 2.14. The number of methoxy groups -OCH3 is 3. The minimum atomic E-state index is 0.343. The maximum Gasteiger partial charge on any atom is 0.130 e. The molecule has 2 bridgehead atoms. The van der Waals surface area contributed by atoms with Crippen LogP contribution in [0.15, 0.2) is 23.8 Å². The molecule has 0 aliphatic heterocycles. The van der Waals surface area contributed by atoms with Crippen molar-refractivity contribution in [1.29, 1.82) is 0 Å². The average molecular weight is 302 g/mol. The van der Waals surface area contributed by atoms with Crippen LogP contribution in [0.4, 0.5) is 0 Å². The number of ether oxygens (including phenoxy) is 3. The molecule has 1 fully saturated rings. The zero-order chi connectivity index (χ0) is 16.1. The Kier molecular flexibility index (Phi) is 3.62. The van der Waals surface area contributed by atoms with E-state index in [4.69, 9.17) is 14.2 Å². The zero-order valence-electron chi connectivity index (χ0n) is 14.4. The van der Waals surface area contributed by atoms with Crippen molar-refractivity contribution in [2.45, 2.75) is 33.1 Å². The Hall–Kier alpha value is -1.64. The summed E-state index contributed by atoms with van der Waals surface area (Å²) in [4.78, 5) is 0. The number of hydrogen-bond donors (Lipinski definition) is 0. The summed E-state index contributed by atoms with van der Waals surface area (Å²) in [6.45, 7) is 7.03. The summed E-state index contributed by atoms with van der Waals surface area (Å²) in [6.07, 6.45) is 3.68. The van der Waals surface area contributed by atoms with Gasteiger partial charge in [-0.2, -0.15) is 0 Å². The number of hydrogen-bond acceptors (Lipinski definition) is 3. The first-order valence-corrected chi connectivity index (χ1v) is 7.92. The van der Waals surface area contributed by atoms with Crippen LogP contribution in [-0.2, 0) is 0 Å². The molecule has 0 heterocycles. The van der Waals surface area contributed by atoms with E-state index in [2.05, 4.69) is 26.8 Å². The van der Waals surface area contributed by atoms with E-state index < -0.39 is 0 Å². The van der Waals surface area contributed by atoms with Crippen molar-refractivity contribution in [2.75, 3.05) is 21.3 Å². The van der Waals surface area contributed by atoms with Gasteiger partial charge in [0.2, 0.25) is 0 Å². The highest BCUT2D eigenvalue weighted by atomic mass is 16.5. The van der Waals surface area contributed by atoms with Gasteiger partial charge in [0.15, 0.2) is 0 Å². The summed E-state index contributed by atoms with van der Waals surface area (Å²) in [6, 6.07) is 3.91. The fourth-order valence-electron chi connectivity index (χ4n) is 4.50. The molecule has 1 aromatic rings. The molecule has 4 rings (SSSR count). The number of benzene rings is 1. The van der Waals surface area contributed by atoms with Crippen LogP contribution in [0, 0.1) is 17.3 Å². The lowest BCUT2D eigenvalue weighted by molar-refractivity contribution is -0.0198. The molecule has 120 valence electrons. The third-order valence-electron chi connectivity index (χ3n) is 5.86. The van der Waals surface area contributed by atoms with E-state index in [1.807, 2.05) is 12.1 Å². The number of fused-ring (bicyclic) bond motifs is 1. The Morgan fingerprint density at radius 1 is 1.00 bits per heavy atom. The van der Waals surface area contributed by atoms with E-state index in [-0.39, 0.29) is 0 Å². The standard InChI is InChI=1S/C19H26O3/c1-11-7-13(15-10-14(11)19(15,2)3)18-16(21-5)8-12(20-4)9-17(18)22-6/h7-9,13-15H,10H2,1-6H3/t13-,14-,15-/m1/s1. The Morgan fingerprint density at radius 3 is 2.00 bits per heavy atom. The predicted octanol–water partition coefficient (Wildman–Crippen LogP) is 4.42. The van der Waals surface area contributed by atoms with Gasteiger partial charge in [-0.3, -0.25) is 0 Å². The average Bonchev–Trinajstić information content (AvgIpc) is 2.52. The van der Waals surface area contributed by atoms with Crippen LogP contribution in [0.1, 0.15) is 38.7 Å². The van der Waals surface area contributed by atoms with Gasteiger partial charge < -0.3 is 14.2 Å². The van der Waals surface area contributed by atoms with E-state index in [9.17, 15) is 0 Å². The number of rotatable bonds is 4. The van der Waals surface area contributed by atoms with Crippen molar-refractivity contribution in [2.24, 2.45) is 17.3 Å². The first-order valence-electron chi connectivity index (χ1n) is 7.92. The fourth-order valence-corrected chi connectivity index (χ4v) is 4.50. The van der Waals surface area contributed by atoms with Crippen molar-refractivity contribution in [1.82, 2.24) is 0 Å². The second-order valence-electron chi connectivity index (χ2n) is 7.10. The molecule has 0 N–H and O–H groups in total. The van der Waals surface area contributed by atoms with Crippen LogP contribution in [0.2, 0.25) is 0 Å². The highest BCUT2D eigenvalue weighted by Crippen LogP contribution is 2.65. The van der Waals surface area contributed by atoms with Gasteiger partial charge >= 0.3 is 0 Å². The molecule has 3 nitrogen and oxygen atoms in total. The monoisotopic (exact) mass is 302 g/mol. The lowest BCUT2D eigenvalue weighted by atomic mass is 9.45. The van der Waals surface area contributed by atoms with Gasteiger partial charge in [-0.25, -0.2) is 0 Å². The van der Waals surface area contributed by atoms with Crippen molar-refractivity contribution >= 4 is 0 Å². The van der Waals surface area contributed by atoms with Gasteiger partial charge in [0.1, 0.15) is 17.2 Å².